The molecule has 0 radical (unpaired) electrons. The van der Waals surface area contributed by atoms with Crippen LogP contribution in [0, 0.1) is 0 Å². The van der Waals surface area contributed by atoms with Crippen molar-refractivity contribution in [3.63, 3.8) is 0 Å². The Bertz CT molecular complexity index is 1380. The number of nitrogens with zero attached hydrogens (tertiary/aromatic N) is 2. The first kappa shape index (κ1) is 19.2. The van der Waals surface area contributed by atoms with Crippen LogP contribution in [-0.2, 0) is 0 Å². The molecule has 0 aliphatic rings. The van der Waals surface area contributed by atoms with Gasteiger partial charge < -0.3 is 9.73 Å². The van der Waals surface area contributed by atoms with Crippen LogP contribution in [0.1, 0.15) is 10.6 Å². The van der Waals surface area contributed by atoms with Crippen LogP contribution in [0.4, 0.5) is 5.69 Å². The third kappa shape index (κ3) is 3.98. The van der Waals surface area contributed by atoms with Crippen molar-refractivity contribution in [2.75, 3.05) is 5.32 Å². The van der Waals surface area contributed by atoms with E-state index in [1.54, 1.807) is 12.1 Å². The fourth-order valence-corrected chi connectivity index (χ4v) is 3.66. The van der Waals surface area contributed by atoms with Crippen LogP contribution in [0.25, 0.3) is 33.5 Å². The predicted octanol–water partition coefficient (Wildman–Crippen LogP) is 6.57. The number of halogens is 1. The molecule has 0 saturated carbocycles. The highest BCUT2D eigenvalue weighted by Crippen LogP contribution is 2.29. The Hall–Kier alpha value is -3.77. The minimum Gasteiger partial charge on any atom is -0.444 e. The lowest BCUT2D eigenvalue weighted by atomic mass is 10.1. The smallest absolute Gasteiger partial charge is 0.291 e. The van der Waals surface area contributed by atoms with Crippen LogP contribution < -0.4 is 5.32 Å². The molecule has 1 N–H and O–H groups in total. The highest BCUT2D eigenvalue weighted by Gasteiger charge is 2.13. The molecule has 0 fully saturated rings. The number of rotatable bonds is 4. The molecular formula is C25H16BrN3O2. The first-order valence-electron chi connectivity index (χ1n) is 9.67. The second-order valence-electron chi connectivity index (χ2n) is 6.91. The monoisotopic (exact) mass is 469 g/mol. The van der Waals surface area contributed by atoms with E-state index in [2.05, 4.69) is 21.2 Å². The Balaban J connectivity index is 1.49. The number of furan rings is 1. The van der Waals surface area contributed by atoms with Crippen LogP contribution in [0.3, 0.4) is 0 Å². The number of nitrogens with one attached hydrogen (secondary N) is 1. The molecule has 0 aliphatic heterocycles. The van der Waals surface area contributed by atoms with E-state index in [9.17, 15) is 4.79 Å². The lowest BCUT2D eigenvalue weighted by Crippen LogP contribution is -2.10. The van der Waals surface area contributed by atoms with Crippen molar-refractivity contribution < 1.29 is 9.21 Å². The Labute approximate surface area is 186 Å². The number of benzene rings is 3. The van der Waals surface area contributed by atoms with Gasteiger partial charge in [0.15, 0.2) is 16.3 Å². The van der Waals surface area contributed by atoms with Crippen molar-refractivity contribution in [3.05, 3.63) is 101 Å². The Morgan fingerprint density at radius 3 is 2.26 bits per heavy atom. The van der Waals surface area contributed by atoms with Gasteiger partial charge >= 0.3 is 0 Å². The molecule has 0 saturated heterocycles. The van der Waals surface area contributed by atoms with Gasteiger partial charge in [0.1, 0.15) is 0 Å². The summed E-state index contributed by atoms with van der Waals surface area (Å²) < 4.78 is 5.80. The first-order valence-corrected chi connectivity index (χ1v) is 10.5. The molecule has 5 nitrogen and oxygen atoms in total. The van der Waals surface area contributed by atoms with Gasteiger partial charge in [-0.15, -0.1) is 0 Å². The highest BCUT2D eigenvalue weighted by atomic mass is 79.9. The Morgan fingerprint density at radius 1 is 0.774 bits per heavy atom. The summed E-state index contributed by atoms with van der Waals surface area (Å²) in [6.45, 7) is 0. The van der Waals surface area contributed by atoms with Gasteiger partial charge in [0.25, 0.3) is 5.91 Å². The minimum atomic E-state index is -0.313. The predicted molar refractivity (Wildman–Crippen MR) is 125 cm³/mol. The number of carbonyl (C=O) groups excluding carboxylic acids is 1. The number of hydrogen-bond donors (Lipinski definition) is 1. The summed E-state index contributed by atoms with van der Waals surface area (Å²) in [5.41, 5.74) is 4.33. The van der Waals surface area contributed by atoms with Crippen molar-refractivity contribution in [2.45, 2.75) is 0 Å². The lowest BCUT2D eigenvalue weighted by Gasteiger charge is -2.10. The van der Waals surface area contributed by atoms with Gasteiger partial charge in [-0.3, -0.25) is 4.79 Å². The molecule has 0 aliphatic carbocycles. The molecule has 3 aromatic carbocycles. The van der Waals surface area contributed by atoms with E-state index in [0.717, 1.165) is 27.7 Å². The number of para-hydroxylation sites is 1. The van der Waals surface area contributed by atoms with E-state index in [-0.39, 0.29) is 11.7 Å². The highest BCUT2D eigenvalue weighted by molar-refractivity contribution is 9.10. The van der Waals surface area contributed by atoms with Crippen LogP contribution in [0.15, 0.2) is 100 Å². The molecular weight excluding hydrogens is 454 g/mol. The molecule has 5 rings (SSSR count). The van der Waals surface area contributed by atoms with Gasteiger partial charge in [-0.1, -0.05) is 48.5 Å². The molecule has 2 heterocycles. The van der Waals surface area contributed by atoms with Gasteiger partial charge in [0, 0.05) is 22.2 Å². The largest absolute Gasteiger partial charge is 0.444 e. The number of aromatic nitrogens is 2. The quantitative estimate of drug-likeness (QED) is 0.323. The van der Waals surface area contributed by atoms with Crippen molar-refractivity contribution >= 4 is 38.4 Å². The second-order valence-corrected chi connectivity index (χ2v) is 7.70. The summed E-state index contributed by atoms with van der Waals surface area (Å²) in [6.07, 6.45) is 0. The minimum absolute atomic E-state index is 0.237. The standard InChI is InChI=1S/C25H16BrN3O2/c26-22-15-14-21(31-22)25(30)27-18-12-10-17(11-13-18)24-28-20-9-5-4-8-19(20)23(29-24)16-6-2-1-3-7-16/h1-15H,(H,27,30). The molecule has 1 amide bonds. The number of fused-ring (bicyclic) bond motifs is 1. The molecule has 0 atom stereocenters. The topological polar surface area (TPSA) is 68.0 Å². The van der Waals surface area contributed by atoms with Gasteiger partial charge in [0.2, 0.25) is 0 Å². The summed E-state index contributed by atoms with van der Waals surface area (Å²) in [6, 6.07) is 28.8. The fraction of sp³-hybridized carbons (Fsp3) is 0. The zero-order chi connectivity index (χ0) is 21.2. The fourth-order valence-electron chi connectivity index (χ4n) is 3.35. The van der Waals surface area contributed by atoms with Crippen molar-refractivity contribution in [1.82, 2.24) is 9.97 Å². The van der Waals surface area contributed by atoms with Crippen LogP contribution in [-0.4, -0.2) is 15.9 Å². The van der Waals surface area contributed by atoms with Crippen molar-refractivity contribution in [3.8, 4) is 22.6 Å². The SMILES string of the molecule is O=C(Nc1ccc(-c2nc(-c3ccccc3)c3ccccc3n2)cc1)c1ccc(Br)o1. The third-order valence-corrected chi connectivity index (χ3v) is 5.27. The van der Waals surface area contributed by atoms with Gasteiger partial charge in [-0.05, 0) is 58.4 Å². The normalized spacial score (nSPS) is 10.9. The summed E-state index contributed by atoms with van der Waals surface area (Å²) in [7, 11) is 0. The number of hydrogen-bond acceptors (Lipinski definition) is 4. The molecule has 150 valence electrons. The Morgan fingerprint density at radius 2 is 1.52 bits per heavy atom. The first-order chi connectivity index (χ1) is 15.2. The van der Waals surface area contributed by atoms with E-state index >= 15 is 0 Å². The Kier molecular flexibility index (Phi) is 5.06. The molecule has 2 aromatic heterocycles. The van der Waals surface area contributed by atoms with Gasteiger partial charge in [-0.2, -0.15) is 0 Å². The number of carbonyl (C=O) groups is 1. The summed E-state index contributed by atoms with van der Waals surface area (Å²) in [5, 5.41) is 3.83. The zero-order valence-corrected chi connectivity index (χ0v) is 17.8. The van der Waals surface area contributed by atoms with Crippen molar-refractivity contribution in [2.24, 2.45) is 0 Å². The summed E-state index contributed by atoms with van der Waals surface area (Å²) >= 11 is 3.20. The maximum atomic E-state index is 12.3. The van der Waals surface area contributed by atoms with E-state index in [1.807, 2.05) is 78.9 Å². The van der Waals surface area contributed by atoms with E-state index < -0.39 is 0 Å². The number of anilines is 1. The van der Waals surface area contributed by atoms with Crippen molar-refractivity contribution in [1.29, 1.82) is 0 Å². The summed E-state index contributed by atoms with van der Waals surface area (Å²) in [4.78, 5) is 21.9. The number of amides is 1. The van der Waals surface area contributed by atoms with Gasteiger partial charge in [0.05, 0.1) is 11.2 Å². The molecule has 31 heavy (non-hydrogen) atoms. The van der Waals surface area contributed by atoms with Crippen LogP contribution >= 0.6 is 15.9 Å². The zero-order valence-electron chi connectivity index (χ0n) is 16.2. The van der Waals surface area contributed by atoms with Gasteiger partial charge in [-0.25, -0.2) is 9.97 Å². The molecule has 0 unspecified atom stereocenters. The maximum Gasteiger partial charge on any atom is 0.291 e. The van der Waals surface area contributed by atoms with E-state index in [1.165, 1.54) is 0 Å². The molecule has 5 aromatic rings. The van der Waals surface area contributed by atoms with E-state index in [4.69, 9.17) is 14.4 Å². The van der Waals surface area contributed by atoms with Crippen LogP contribution in [0.2, 0.25) is 0 Å². The third-order valence-electron chi connectivity index (χ3n) is 4.85. The average Bonchev–Trinajstić information content (AvgIpc) is 3.26. The second kappa shape index (κ2) is 8.16. The molecule has 0 spiro atoms. The van der Waals surface area contributed by atoms with E-state index in [0.29, 0.717) is 16.2 Å². The maximum absolute atomic E-state index is 12.3. The van der Waals surface area contributed by atoms with Crippen LogP contribution in [0.5, 0.6) is 0 Å². The average molecular weight is 470 g/mol. The molecule has 0 bridgehead atoms. The molecule has 6 heteroatoms. The lowest BCUT2D eigenvalue weighted by molar-refractivity contribution is 0.0995. The summed E-state index contributed by atoms with van der Waals surface area (Å²) in [5.74, 6) is 0.554.